The maximum absolute atomic E-state index is 13.3. The van der Waals surface area contributed by atoms with Gasteiger partial charge in [-0.2, -0.15) is 0 Å². The van der Waals surface area contributed by atoms with Crippen LogP contribution in [0, 0.1) is 5.82 Å². The molecule has 72 valence electrons. The molecule has 1 aromatic heterocycles. The van der Waals surface area contributed by atoms with Crippen LogP contribution in [0.5, 0.6) is 0 Å². The van der Waals surface area contributed by atoms with E-state index in [0.717, 1.165) is 0 Å². The number of nitrogens with two attached hydrogens (primary N) is 1. The van der Waals surface area contributed by atoms with Crippen LogP contribution in [0.25, 0.3) is 0 Å². The van der Waals surface area contributed by atoms with Gasteiger partial charge in [0.2, 0.25) is 0 Å². The van der Waals surface area contributed by atoms with Crippen molar-refractivity contribution in [3.8, 4) is 0 Å². The molecule has 0 aliphatic rings. The van der Waals surface area contributed by atoms with Gasteiger partial charge in [-0.15, -0.1) is 0 Å². The van der Waals surface area contributed by atoms with Crippen LogP contribution >= 0.6 is 0 Å². The van der Waals surface area contributed by atoms with Gasteiger partial charge in [0.1, 0.15) is 5.82 Å². The minimum atomic E-state index is -0.243. The molecule has 0 spiro atoms. The van der Waals surface area contributed by atoms with Crippen molar-refractivity contribution in [3.05, 3.63) is 48.3 Å². The Morgan fingerprint density at radius 1 is 1.43 bits per heavy atom. The summed E-state index contributed by atoms with van der Waals surface area (Å²) in [4.78, 5) is 3.88. The summed E-state index contributed by atoms with van der Waals surface area (Å²) in [5, 5.41) is 0. The summed E-state index contributed by atoms with van der Waals surface area (Å²) < 4.78 is 15.1. The van der Waals surface area contributed by atoms with E-state index in [0.29, 0.717) is 17.8 Å². The van der Waals surface area contributed by atoms with E-state index >= 15 is 0 Å². The van der Waals surface area contributed by atoms with E-state index in [4.69, 9.17) is 5.73 Å². The zero-order valence-electron chi connectivity index (χ0n) is 7.52. The second-order valence-corrected chi connectivity index (χ2v) is 3.09. The summed E-state index contributed by atoms with van der Waals surface area (Å²) in [6, 6.07) is 4.56. The molecule has 14 heavy (non-hydrogen) atoms. The topological polar surface area (TPSA) is 43.8 Å². The number of anilines is 1. The molecule has 2 rings (SSSR count). The maximum Gasteiger partial charge on any atom is 0.128 e. The van der Waals surface area contributed by atoms with Crippen LogP contribution in [0.4, 0.5) is 10.1 Å². The van der Waals surface area contributed by atoms with Crippen molar-refractivity contribution in [2.24, 2.45) is 0 Å². The number of nitrogens with zero attached hydrogens (tertiary/aromatic N) is 2. The van der Waals surface area contributed by atoms with Gasteiger partial charge in [0.25, 0.3) is 0 Å². The van der Waals surface area contributed by atoms with Crippen LogP contribution < -0.4 is 5.73 Å². The maximum atomic E-state index is 13.3. The fraction of sp³-hybridized carbons (Fsp3) is 0.100. The number of halogens is 1. The van der Waals surface area contributed by atoms with Crippen molar-refractivity contribution in [3.63, 3.8) is 0 Å². The molecule has 0 radical (unpaired) electrons. The normalized spacial score (nSPS) is 10.4. The number of imidazole rings is 1. The molecular weight excluding hydrogens is 181 g/mol. The highest BCUT2D eigenvalue weighted by atomic mass is 19.1. The molecule has 0 saturated heterocycles. The third-order valence-corrected chi connectivity index (χ3v) is 1.98. The lowest BCUT2D eigenvalue weighted by atomic mass is 10.2. The van der Waals surface area contributed by atoms with Gasteiger partial charge in [-0.3, -0.25) is 0 Å². The van der Waals surface area contributed by atoms with Gasteiger partial charge in [-0.05, 0) is 18.2 Å². The molecule has 3 nitrogen and oxygen atoms in total. The Morgan fingerprint density at radius 2 is 2.29 bits per heavy atom. The highest BCUT2D eigenvalue weighted by molar-refractivity contribution is 5.41. The van der Waals surface area contributed by atoms with Crippen LogP contribution in [0.3, 0.4) is 0 Å². The molecule has 0 saturated carbocycles. The molecule has 0 fully saturated rings. The average molecular weight is 191 g/mol. The Bertz CT molecular complexity index is 423. The van der Waals surface area contributed by atoms with Crippen LogP contribution in [-0.4, -0.2) is 9.55 Å². The third-order valence-electron chi connectivity index (χ3n) is 1.98. The van der Waals surface area contributed by atoms with E-state index in [2.05, 4.69) is 4.98 Å². The molecule has 1 heterocycles. The van der Waals surface area contributed by atoms with E-state index in [1.165, 1.54) is 6.07 Å². The highest BCUT2D eigenvalue weighted by Gasteiger charge is 2.02. The first-order valence-electron chi connectivity index (χ1n) is 4.25. The summed E-state index contributed by atoms with van der Waals surface area (Å²) in [5.41, 5.74) is 6.71. The molecule has 0 atom stereocenters. The van der Waals surface area contributed by atoms with Crippen molar-refractivity contribution in [1.29, 1.82) is 0 Å². The smallest absolute Gasteiger partial charge is 0.128 e. The largest absolute Gasteiger partial charge is 0.399 e. The predicted molar refractivity (Wildman–Crippen MR) is 52.1 cm³/mol. The summed E-state index contributed by atoms with van der Waals surface area (Å²) in [7, 11) is 0. The van der Waals surface area contributed by atoms with E-state index in [-0.39, 0.29) is 5.82 Å². The minimum Gasteiger partial charge on any atom is -0.399 e. The van der Waals surface area contributed by atoms with Crippen molar-refractivity contribution >= 4 is 5.69 Å². The van der Waals surface area contributed by atoms with Gasteiger partial charge in [0.15, 0.2) is 0 Å². The SMILES string of the molecule is Nc1ccc(F)c(Cn2ccnc2)c1. The molecule has 0 aliphatic heterocycles. The number of hydrogen-bond donors (Lipinski definition) is 1. The van der Waals surface area contributed by atoms with Crippen molar-refractivity contribution in [2.75, 3.05) is 5.73 Å². The Hall–Kier alpha value is -1.84. The van der Waals surface area contributed by atoms with Gasteiger partial charge in [-0.1, -0.05) is 0 Å². The predicted octanol–water partition coefficient (Wildman–Crippen LogP) is 1.65. The zero-order chi connectivity index (χ0) is 9.97. The third kappa shape index (κ3) is 1.74. The Balaban J connectivity index is 2.28. The van der Waals surface area contributed by atoms with Gasteiger partial charge in [0, 0.05) is 23.6 Å². The molecule has 2 N–H and O–H groups in total. The first-order valence-corrected chi connectivity index (χ1v) is 4.25. The van der Waals surface area contributed by atoms with E-state index in [1.807, 2.05) is 0 Å². The van der Waals surface area contributed by atoms with E-state index < -0.39 is 0 Å². The van der Waals surface area contributed by atoms with Gasteiger partial charge in [0.05, 0.1) is 12.9 Å². The lowest BCUT2D eigenvalue weighted by Crippen LogP contribution is -2.00. The number of rotatable bonds is 2. The summed E-state index contributed by atoms with van der Waals surface area (Å²) in [5.74, 6) is -0.243. The molecule has 0 unspecified atom stereocenters. The Morgan fingerprint density at radius 3 is 3.00 bits per heavy atom. The molecule has 0 bridgehead atoms. The number of benzene rings is 1. The second-order valence-electron chi connectivity index (χ2n) is 3.09. The number of aromatic nitrogens is 2. The van der Waals surface area contributed by atoms with Gasteiger partial charge < -0.3 is 10.3 Å². The standard InChI is InChI=1S/C10H10FN3/c11-10-2-1-9(12)5-8(10)6-14-4-3-13-7-14/h1-5,7H,6,12H2. The van der Waals surface area contributed by atoms with Crippen LogP contribution in [0.2, 0.25) is 0 Å². The lowest BCUT2D eigenvalue weighted by Gasteiger charge is -2.04. The number of nitrogen functional groups attached to an aromatic ring is 1. The fourth-order valence-electron chi connectivity index (χ4n) is 1.29. The zero-order valence-corrected chi connectivity index (χ0v) is 7.52. The first kappa shape index (κ1) is 8.74. The van der Waals surface area contributed by atoms with E-state index in [1.54, 1.807) is 35.4 Å². The van der Waals surface area contributed by atoms with E-state index in [9.17, 15) is 4.39 Å². The molecule has 0 aliphatic carbocycles. The lowest BCUT2D eigenvalue weighted by molar-refractivity contribution is 0.600. The fourth-order valence-corrected chi connectivity index (χ4v) is 1.29. The Labute approximate surface area is 81.0 Å². The second kappa shape index (κ2) is 3.49. The summed E-state index contributed by atoms with van der Waals surface area (Å²) in [6.07, 6.45) is 5.08. The summed E-state index contributed by atoms with van der Waals surface area (Å²) in [6.45, 7) is 0.455. The molecule has 4 heteroatoms. The highest BCUT2D eigenvalue weighted by Crippen LogP contribution is 2.13. The average Bonchev–Trinajstić information content (AvgIpc) is 2.64. The van der Waals surface area contributed by atoms with Crippen molar-refractivity contribution in [1.82, 2.24) is 9.55 Å². The molecule has 1 aromatic carbocycles. The molecule has 2 aromatic rings. The van der Waals surface area contributed by atoms with Gasteiger partial charge >= 0.3 is 0 Å². The van der Waals surface area contributed by atoms with Crippen molar-refractivity contribution < 1.29 is 4.39 Å². The van der Waals surface area contributed by atoms with Gasteiger partial charge in [-0.25, -0.2) is 9.37 Å². The quantitative estimate of drug-likeness (QED) is 0.733. The first-order chi connectivity index (χ1) is 6.75. The summed E-state index contributed by atoms with van der Waals surface area (Å²) >= 11 is 0. The molecule has 0 amide bonds. The molecular formula is C10H10FN3. The number of hydrogen-bond acceptors (Lipinski definition) is 2. The van der Waals surface area contributed by atoms with Crippen LogP contribution in [0.1, 0.15) is 5.56 Å². The Kier molecular flexibility index (Phi) is 2.18. The monoisotopic (exact) mass is 191 g/mol. The van der Waals surface area contributed by atoms with Crippen molar-refractivity contribution in [2.45, 2.75) is 6.54 Å². The van der Waals surface area contributed by atoms with Crippen LogP contribution in [-0.2, 0) is 6.54 Å². The minimum absolute atomic E-state index is 0.243. The van der Waals surface area contributed by atoms with Crippen LogP contribution in [0.15, 0.2) is 36.9 Å².